The molecule has 0 atom stereocenters. The Balaban J connectivity index is 1.78. The van der Waals surface area contributed by atoms with Crippen molar-refractivity contribution in [2.75, 3.05) is 7.11 Å². The Labute approximate surface area is 154 Å². The van der Waals surface area contributed by atoms with Crippen molar-refractivity contribution in [2.45, 2.75) is 32.7 Å². The van der Waals surface area contributed by atoms with E-state index in [1.807, 2.05) is 13.0 Å². The molecule has 134 valence electrons. The molecule has 6 nitrogen and oxygen atoms in total. The number of hydrogen-bond donors (Lipinski definition) is 0. The summed E-state index contributed by atoms with van der Waals surface area (Å²) >= 11 is 1.25. The highest BCUT2D eigenvalue weighted by Crippen LogP contribution is 2.42. The van der Waals surface area contributed by atoms with Crippen molar-refractivity contribution in [3.05, 3.63) is 45.5 Å². The van der Waals surface area contributed by atoms with Gasteiger partial charge < -0.3 is 14.0 Å². The minimum absolute atomic E-state index is 0.381. The lowest BCUT2D eigenvalue weighted by molar-refractivity contribution is 0.0601. The normalized spacial score (nSPS) is 13.8. The summed E-state index contributed by atoms with van der Waals surface area (Å²) in [5, 5.41) is 0.743. The first kappa shape index (κ1) is 16.8. The number of carbonyl (C=O) groups excluding carboxylic acids is 2. The van der Waals surface area contributed by atoms with E-state index in [1.165, 1.54) is 18.4 Å². The number of rotatable bonds is 4. The highest BCUT2D eigenvalue weighted by atomic mass is 32.1. The molecule has 1 aromatic carbocycles. The predicted octanol–water partition coefficient (Wildman–Crippen LogP) is 4.06. The standard InChI is InChI=1S/C19H18N2O4S/c1-10-17(26-9-20-10)19(23)25-13-6-7-15-14(8-13)16(18(22)24-3)11(2)21(15)12-4-5-12/h6-9,12H,4-5H2,1-3H3. The van der Waals surface area contributed by atoms with E-state index in [9.17, 15) is 9.59 Å². The van der Waals surface area contributed by atoms with Crippen LogP contribution in [0.3, 0.4) is 0 Å². The molecule has 1 aliphatic carbocycles. The smallest absolute Gasteiger partial charge is 0.355 e. The number of aryl methyl sites for hydroxylation is 1. The van der Waals surface area contributed by atoms with E-state index >= 15 is 0 Å². The minimum atomic E-state index is -0.442. The third kappa shape index (κ3) is 2.68. The molecule has 1 fully saturated rings. The Kier molecular flexibility index (Phi) is 4.03. The maximum atomic E-state index is 12.3. The molecule has 26 heavy (non-hydrogen) atoms. The second-order valence-corrected chi connectivity index (χ2v) is 7.24. The topological polar surface area (TPSA) is 70.4 Å². The number of hydrogen-bond acceptors (Lipinski definition) is 6. The Morgan fingerprint density at radius 2 is 2.00 bits per heavy atom. The SMILES string of the molecule is COC(=O)c1c(C)n(C2CC2)c2ccc(OC(=O)c3scnc3C)cc12. The molecule has 0 amide bonds. The van der Waals surface area contributed by atoms with E-state index in [2.05, 4.69) is 9.55 Å². The first-order valence-electron chi connectivity index (χ1n) is 8.36. The van der Waals surface area contributed by atoms with Crippen LogP contribution in [-0.4, -0.2) is 28.6 Å². The second kappa shape index (κ2) is 6.25. The fourth-order valence-corrected chi connectivity index (χ4v) is 3.98. The van der Waals surface area contributed by atoms with Gasteiger partial charge in [-0.25, -0.2) is 14.6 Å². The number of methoxy groups -OCH3 is 1. The quantitative estimate of drug-likeness (QED) is 0.512. The Morgan fingerprint density at radius 1 is 1.23 bits per heavy atom. The zero-order valence-corrected chi connectivity index (χ0v) is 15.6. The fraction of sp³-hybridized carbons (Fsp3) is 0.316. The van der Waals surface area contributed by atoms with E-state index in [1.54, 1.807) is 24.6 Å². The molecule has 2 heterocycles. The van der Waals surface area contributed by atoms with Crippen molar-refractivity contribution in [3.8, 4) is 5.75 Å². The van der Waals surface area contributed by atoms with Gasteiger partial charge in [0.2, 0.25) is 0 Å². The molecule has 1 aliphatic rings. The first-order chi connectivity index (χ1) is 12.5. The molecule has 0 unspecified atom stereocenters. The summed E-state index contributed by atoms with van der Waals surface area (Å²) < 4.78 is 12.7. The number of nitrogens with zero attached hydrogens (tertiary/aromatic N) is 2. The average Bonchev–Trinajstić information content (AvgIpc) is 3.29. The highest BCUT2D eigenvalue weighted by Gasteiger charge is 2.30. The van der Waals surface area contributed by atoms with Crippen LogP contribution < -0.4 is 4.74 Å². The van der Waals surface area contributed by atoms with Crippen molar-refractivity contribution in [2.24, 2.45) is 0 Å². The molecule has 4 rings (SSSR count). The predicted molar refractivity (Wildman–Crippen MR) is 98.1 cm³/mol. The van der Waals surface area contributed by atoms with Crippen molar-refractivity contribution < 1.29 is 19.1 Å². The molecule has 7 heteroatoms. The van der Waals surface area contributed by atoms with E-state index < -0.39 is 5.97 Å². The van der Waals surface area contributed by atoms with Crippen LogP contribution in [0, 0.1) is 13.8 Å². The van der Waals surface area contributed by atoms with Crippen LogP contribution in [0.25, 0.3) is 10.9 Å². The van der Waals surface area contributed by atoms with Crippen molar-refractivity contribution in [1.29, 1.82) is 0 Å². The van der Waals surface area contributed by atoms with Gasteiger partial charge in [-0.2, -0.15) is 0 Å². The zero-order chi connectivity index (χ0) is 18.4. The minimum Gasteiger partial charge on any atom is -0.465 e. The van der Waals surface area contributed by atoms with Crippen LogP contribution in [-0.2, 0) is 4.74 Å². The molecule has 2 aromatic heterocycles. The van der Waals surface area contributed by atoms with Crippen LogP contribution in [0.5, 0.6) is 5.75 Å². The third-order valence-electron chi connectivity index (χ3n) is 4.66. The molecule has 0 saturated heterocycles. The summed E-state index contributed by atoms with van der Waals surface area (Å²) in [5.41, 5.74) is 4.63. The Bertz CT molecular complexity index is 1030. The van der Waals surface area contributed by atoms with Crippen molar-refractivity contribution in [1.82, 2.24) is 9.55 Å². The summed E-state index contributed by atoms with van der Waals surface area (Å²) in [5.74, 6) is -0.426. The highest BCUT2D eigenvalue weighted by molar-refractivity contribution is 7.11. The van der Waals surface area contributed by atoms with Crippen LogP contribution in [0.4, 0.5) is 0 Å². The number of ether oxygens (including phenoxy) is 2. The lowest BCUT2D eigenvalue weighted by atomic mass is 10.1. The van der Waals surface area contributed by atoms with E-state index in [0.717, 1.165) is 29.4 Å². The Morgan fingerprint density at radius 3 is 2.62 bits per heavy atom. The largest absolute Gasteiger partial charge is 0.465 e. The summed E-state index contributed by atoms with van der Waals surface area (Å²) in [6, 6.07) is 5.82. The molecular formula is C19H18N2O4S. The molecule has 0 N–H and O–H groups in total. The molecule has 1 saturated carbocycles. The molecular weight excluding hydrogens is 352 g/mol. The maximum Gasteiger partial charge on any atom is 0.355 e. The van der Waals surface area contributed by atoms with Crippen LogP contribution in [0.2, 0.25) is 0 Å². The second-order valence-electron chi connectivity index (χ2n) is 6.39. The molecule has 0 bridgehead atoms. The summed E-state index contributed by atoms with van der Waals surface area (Å²) in [7, 11) is 1.37. The molecule has 0 radical (unpaired) electrons. The van der Waals surface area contributed by atoms with Gasteiger partial charge in [-0.05, 0) is 44.9 Å². The van der Waals surface area contributed by atoms with Crippen LogP contribution in [0.1, 0.15) is 50.3 Å². The maximum absolute atomic E-state index is 12.3. The monoisotopic (exact) mass is 370 g/mol. The van der Waals surface area contributed by atoms with Gasteiger partial charge >= 0.3 is 11.9 Å². The van der Waals surface area contributed by atoms with Gasteiger partial charge in [-0.3, -0.25) is 0 Å². The van der Waals surface area contributed by atoms with Gasteiger partial charge in [0.15, 0.2) is 0 Å². The van der Waals surface area contributed by atoms with Crippen LogP contribution in [0.15, 0.2) is 23.7 Å². The first-order valence-corrected chi connectivity index (χ1v) is 9.24. The lowest BCUT2D eigenvalue weighted by Crippen LogP contribution is -2.08. The molecule has 0 aliphatic heterocycles. The van der Waals surface area contributed by atoms with Gasteiger partial charge in [-0.1, -0.05) is 0 Å². The average molecular weight is 370 g/mol. The van der Waals surface area contributed by atoms with Gasteiger partial charge in [0.25, 0.3) is 0 Å². The number of esters is 2. The molecule has 0 spiro atoms. The number of fused-ring (bicyclic) bond motifs is 1. The number of thiazole rings is 1. The fourth-order valence-electron chi connectivity index (χ4n) is 3.30. The van der Waals surface area contributed by atoms with Gasteiger partial charge in [0.1, 0.15) is 10.6 Å². The van der Waals surface area contributed by atoms with Gasteiger partial charge in [-0.15, -0.1) is 11.3 Å². The summed E-state index contributed by atoms with van der Waals surface area (Å²) in [4.78, 5) is 29.2. The van der Waals surface area contributed by atoms with Gasteiger partial charge in [0.05, 0.1) is 23.9 Å². The van der Waals surface area contributed by atoms with Crippen molar-refractivity contribution >= 4 is 34.2 Å². The summed E-state index contributed by atoms with van der Waals surface area (Å²) in [6.45, 7) is 3.70. The number of benzene rings is 1. The van der Waals surface area contributed by atoms with Crippen LogP contribution >= 0.6 is 11.3 Å². The third-order valence-corrected chi connectivity index (χ3v) is 5.57. The van der Waals surface area contributed by atoms with Gasteiger partial charge in [0, 0.05) is 22.6 Å². The van der Waals surface area contributed by atoms with E-state index in [0.29, 0.717) is 27.9 Å². The zero-order valence-electron chi connectivity index (χ0n) is 14.7. The number of aromatic nitrogens is 2. The van der Waals surface area contributed by atoms with E-state index in [4.69, 9.17) is 9.47 Å². The van der Waals surface area contributed by atoms with Crippen molar-refractivity contribution in [3.63, 3.8) is 0 Å². The molecule has 3 aromatic rings. The van der Waals surface area contributed by atoms with E-state index in [-0.39, 0.29) is 5.97 Å². The summed E-state index contributed by atoms with van der Waals surface area (Å²) in [6.07, 6.45) is 2.21. The number of carbonyl (C=O) groups is 2. The Hall–Kier alpha value is -2.67. The lowest BCUT2D eigenvalue weighted by Gasteiger charge is -2.07.